The molecule has 1 heterocycles. The normalized spacial score (nSPS) is 21.3. The predicted molar refractivity (Wildman–Crippen MR) is 96.9 cm³/mol. The Morgan fingerprint density at radius 2 is 1.74 bits per heavy atom. The second-order valence-electron chi connectivity index (χ2n) is 7.20. The van der Waals surface area contributed by atoms with E-state index in [1.165, 1.54) is 5.06 Å². The number of piperidine rings is 1. The van der Waals surface area contributed by atoms with Crippen LogP contribution in [0.4, 0.5) is 0 Å². The number of ether oxygens (including phenoxy) is 2. The van der Waals surface area contributed by atoms with Crippen LogP contribution in [0.25, 0.3) is 0 Å². The van der Waals surface area contributed by atoms with Crippen molar-refractivity contribution < 1.29 is 19.5 Å². The highest BCUT2D eigenvalue weighted by atomic mass is 33.1. The van der Waals surface area contributed by atoms with E-state index < -0.39 is 0 Å². The summed E-state index contributed by atoms with van der Waals surface area (Å²) in [6.45, 7) is 8.66. The first kappa shape index (κ1) is 21.1. The molecule has 136 valence electrons. The molecule has 1 rings (SSSR count). The average Bonchev–Trinajstić information content (AvgIpc) is 2.43. The highest BCUT2D eigenvalue weighted by Gasteiger charge is 2.46. The van der Waals surface area contributed by atoms with Crippen LogP contribution in [0, 0.1) is 0 Å². The zero-order valence-electron chi connectivity index (χ0n) is 15.0. The largest absolute Gasteiger partial charge is 0.462 e. The molecule has 0 spiro atoms. The van der Waals surface area contributed by atoms with E-state index in [4.69, 9.17) is 9.47 Å². The summed E-state index contributed by atoms with van der Waals surface area (Å²) in [6.07, 6.45) is 2.47. The minimum atomic E-state index is -0.388. The molecule has 1 aliphatic heterocycles. The average molecular weight is 366 g/mol. The number of rotatable bonds is 9. The van der Waals surface area contributed by atoms with Crippen LogP contribution in [0.3, 0.4) is 0 Å². The molecule has 0 radical (unpaired) electrons. The van der Waals surface area contributed by atoms with Gasteiger partial charge >= 0.3 is 5.97 Å². The van der Waals surface area contributed by atoms with Crippen molar-refractivity contribution in [2.45, 2.75) is 70.6 Å². The maximum atomic E-state index is 12.0. The molecule has 5 nitrogen and oxygen atoms in total. The van der Waals surface area contributed by atoms with Gasteiger partial charge in [0.2, 0.25) is 0 Å². The second kappa shape index (κ2) is 9.51. The van der Waals surface area contributed by atoms with Gasteiger partial charge in [0.25, 0.3) is 0 Å². The van der Waals surface area contributed by atoms with Gasteiger partial charge in [-0.15, -0.1) is 0 Å². The van der Waals surface area contributed by atoms with Gasteiger partial charge in [0.1, 0.15) is 6.10 Å². The van der Waals surface area contributed by atoms with E-state index in [0.29, 0.717) is 19.3 Å². The molecule has 7 heteroatoms. The molecule has 0 amide bonds. The van der Waals surface area contributed by atoms with E-state index in [1.54, 1.807) is 28.7 Å². The first-order valence-electron chi connectivity index (χ1n) is 8.11. The number of hydrogen-bond donors (Lipinski definition) is 1. The Kier molecular flexibility index (Phi) is 8.72. The number of hydroxylamine groups is 2. The molecule has 23 heavy (non-hydrogen) atoms. The van der Waals surface area contributed by atoms with Gasteiger partial charge in [-0.3, -0.25) is 4.79 Å². The lowest BCUT2D eigenvalue weighted by molar-refractivity contribution is -0.259. The zero-order chi connectivity index (χ0) is 17.5. The van der Waals surface area contributed by atoms with Crippen molar-refractivity contribution in [3.63, 3.8) is 0 Å². The Bertz CT molecular complexity index is 359. The quantitative estimate of drug-likeness (QED) is 0.379. The van der Waals surface area contributed by atoms with Crippen molar-refractivity contribution in [1.82, 2.24) is 5.06 Å². The van der Waals surface area contributed by atoms with Crippen LogP contribution in [-0.2, 0) is 14.3 Å². The molecule has 0 aromatic heterocycles. The Morgan fingerprint density at radius 3 is 2.30 bits per heavy atom. The minimum Gasteiger partial charge on any atom is -0.462 e. The summed E-state index contributed by atoms with van der Waals surface area (Å²) < 4.78 is 10.6. The van der Waals surface area contributed by atoms with Crippen molar-refractivity contribution in [3.8, 4) is 0 Å². The summed E-state index contributed by atoms with van der Waals surface area (Å²) in [4.78, 5) is 12.0. The summed E-state index contributed by atoms with van der Waals surface area (Å²) in [7, 11) is 5.24. The van der Waals surface area contributed by atoms with Crippen molar-refractivity contribution in [2.75, 3.05) is 25.2 Å². The van der Waals surface area contributed by atoms with Gasteiger partial charge in [-0.05, 0) is 34.1 Å². The molecular weight excluding hydrogens is 334 g/mol. The van der Waals surface area contributed by atoms with Crippen LogP contribution in [-0.4, -0.2) is 58.6 Å². The zero-order valence-corrected chi connectivity index (χ0v) is 16.6. The summed E-state index contributed by atoms with van der Waals surface area (Å²) >= 11 is 0. The van der Waals surface area contributed by atoms with Gasteiger partial charge < -0.3 is 14.7 Å². The molecule has 0 aliphatic carbocycles. The highest BCUT2D eigenvalue weighted by Crippen LogP contribution is 2.38. The molecule has 0 atom stereocenters. The number of carbonyl (C=O) groups is 1. The van der Waals surface area contributed by atoms with Gasteiger partial charge in [-0.1, -0.05) is 21.6 Å². The molecule has 0 aromatic rings. The van der Waals surface area contributed by atoms with Gasteiger partial charge in [0, 0.05) is 49.0 Å². The van der Waals surface area contributed by atoms with Crippen LogP contribution < -0.4 is 0 Å². The number of hydrogen-bond acceptors (Lipinski definition) is 7. The monoisotopic (exact) mass is 365 g/mol. The van der Waals surface area contributed by atoms with Gasteiger partial charge in [-0.25, -0.2) is 0 Å². The fourth-order valence-corrected chi connectivity index (χ4v) is 5.01. The van der Waals surface area contributed by atoms with E-state index in [0.717, 1.165) is 24.5 Å². The second-order valence-corrected chi connectivity index (χ2v) is 9.90. The lowest BCUT2D eigenvalue weighted by Crippen LogP contribution is -2.60. The van der Waals surface area contributed by atoms with Crippen LogP contribution in [0.2, 0.25) is 0 Å². The Balaban J connectivity index is 2.26. The summed E-state index contributed by atoms with van der Waals surface area (Å²) in [5.74, 6) is 1.78. The third-order valence-electron chi connectivity index (χ3n) is 3.96. The van der Waals surface area contributed by atoms with Gasteiger partial charge in [0.15, 0.2) is 0 Å². The lowest BCUT2D eigenvalue weighted by atomic mass is 9.80. The van der Waals surface area contributed by atoms with Crippen molar-refractivity contribution in [1.29, 1.82) is 0 Å². The number of nitrogens with zero attached hydrogens (tertiary/aromatic N) is 1. The smallest absolute Gasteiger partial charge is 0.306 e. The number of methoxy groups -OCH3 is 1. The van der Waals surface area contributed by atoms with Crippen LogP contribution in [0.15, 0.2) is 0 Å². The number of carbonyl (C=O) groups excluding carboxylic acids is 1. The molecule has 0 bridgehead atoms. The van der Waals surface area contributed by atoms with Crippen LogP contribution >= 0.6 is 21.6 Å². The third kappa shape index (κ3) is 7.22. The highest BCUT2D eigenvalue weighted by molar-refractivity contribution is 8.76. The van der Waals surface area contributed by atoms with Crippen molar-refractivity contribution in [2.24, 2.45) is 0 Å². The Hall–Kier alpha value is 0.0500. The summed E-state index contributed by atoms with van der Waals surface area (Å²) in [6, 6.07) is 0. The molecule has 0 aromatic carbocycles. The maximum absolute atomic E-state index is 12.0. The van der Waals surface area contributed by atoms with E-state index in [1.807, 2.05) is 27.7 Å². The fraction of sp³-hybridized carbons (Fsp3) is 0.938. The standard InChI is InChI=1S/C16H31NO4S2/c1-15(2)11-13(12-16(3,4)17(15)19)21-14(18)7-6-9-22-23-10-8-20-5/h13,19H,6-12H2,1-5H3. The van der Waals surface area contributed by atoms with Gasteiger partial charge in [0.05, 0.1) is 6.61 Å². The molecule has 1 fully saturated rings. The molecule has 1 aliphatic rings. The molecule has 0 saturated carbocycles. The van der Waals surface area contributed by atoms with Crippen molar-refractivity contribution >= 4 is 27.6 Å². The minimum absolute atomic E-state index is 0.125. The Morgan fingerprint density at radius 1 is 1.17 bits per heavy atom. The SMILES string of the molecule is COCCSSCCCC(=O)OC1CC(C)(C)N(O)C(C)(C)C1. The van der Waals surface area contributed by atoms with E-state index in [9.17, 15) is 10.0 Å². The predicted octanol–water partition coefficient (Wildman–Crippen LogP) is 3.75. The number of esters is 1. The van der Waals surface area contributed by atoms with E-state index in [2.05, 4.69) is 0 Å². The van der Waals surface area contributed by atoms with E-state index in [-0.39, 0.29) is 23.2 Å². The topological polar surface area (TPSA) is 59.0 Å². The van der Waals surface area contributed by atoms with Gasteiger partial charge in [-0.2, -0.15) is 5.06 Å². The van der Waals surface area contributed by atoms with Crippen LogP contribution in [0.1, 0.15) is 53.4 Å². The summed E-state index contributed by atoms with van der Waals surface area (Å²) in [5.41, 5.74) is -0.777. The fourth-order valence-electron chi connectivity index (χ4n) is 3.02. The summed E-state index contributed by atoms with van der Waals surface area (Å²) in [5, 5.41) is 11.7. The maximum Gasteiger partial charge on any atom is 0.306 e. The van der Waals surface area contributed by atoms with E-state index >= 15 is 0 Å². The van der Waals surface area contributed by atoms with Crippen LogP contribution in [0.5, 0.6) is 0 Å². The first-order valence-corrected chi connectivity index (χ1v) is 10.6. The molecule has 0 unspecified atom stereocenters. The molecule has 1 saturated heterocycles. The third-order valence-corrected chi connectivity index (χ3v) is 6.42. The molecular formula is C16H31NO4S2. The lowest BCUT2D eigenvalue weighted by Gasteiger charge is -2.50. The molecule has 1 N–H and O–H groups in total. The first-order chi connectivity index (χ1) is 10.7. The Labute approximate surface area is 148 Å². The van der Waals surface area contributed by atoms with Crippen molar-refractivity contribution in [3.05, 3.63) is 0 Å².